The van der Waals surface area contributed by atoms with Crippen molar-refractivity contribution in [1.82, 2.24) is 4.90 Å². The molecule has 0 aliphatic carbocycles. The number of esters is 1. The summed E-state index contributed by atoms with van der Waals surface area (Å²) in [5, 5.41) is 9.35. The first-order chi connectivity index (χ1) is 13.5. The maximum absolute atomic E-state index is 12.7. The molecule has 2 atom stereocenters. The molecule has 1 amide bonds. The fourth-order valence-electron chi connectivity index (χ4n) is 3.39. The molecule has 0 N–H and O–H groups in total. The molecule has 6 nitrogen and oxygen atoms in total. The number of amides is 1. The van der Waals surface area contributed by atoms with Gasteiger partial charge in [-0.25, -0.2) is 4.79 Å². The summed E-state index contributed by atoms with van der Waals surface area (Å²) in [6.45, 7) is 4.45. The van der Waals surface area contributed by atoms with E-state index in [-0.39, 0.29) is 24.7 Å². The Morgan fingerprint density at radius 2 is 1.68 bits per heavy atom. The number of benzene rings is 2. The van der Waals surface area contributed by atoms with Crippen molar-refractivity contribution in [1.29, 1.82) is 5.26 Å². The van der Waals surface area contributed by atoms with Gasteiger partial charge in [0.25, 0.3) is 5.91 Å². The van der Waals surface area contributed by atoms with Gasteiger partial charge in [0.05, 0.1) is 29.4 Å². The molecule has 0 bridgehead atoms. The molecule has 1 aliphatic heterocycles. The maximum atomic E-state index is 12.7. The smallest absolute Gasteiger partial charge is 0.339 e. The van der Waals surface area contributed by atoms with Crippen LogP contribution in [0.25, 0.3) is 11.1 Å². The molecule has 0 aromatic heterocycles. The van der Waals surface area contributed by atoms with Crippen molar-refractivity contribution in [2.75, 3.05) is 19.7 Å². The quantitative estimate of drug-likeness (QED) is 0.764. The Balaban J connectivity index is 1.74. The molecular weight excluding hydrogens is 356 g/mol. The summed E-state index contributed by atoms with van der Waals surface area (Å²) in [4.78, 5) is 26.7. The van der Waals surface area contributed by atoms with Gasteiger partial charge < -0.3 is 14.4 Å². The molecule has 1 aliphatic rings. The first-order valence-corrected chi connectivity index (χ1v) is 9.18. The monoisotopic (exact) mass is 378 g/mol. The highest BCUT2D eigenvalue weighted by atomic mass is 16.5. The summed E-state index contributed by atoms with van der Waals surface area (Å²) in [6, 6.07) is 16.1. The van der Waals surface area contributed by atoms with E-state index in [1.54, 1.807) is 47.4 Å². The molecule has 6 heteroatoms. The molecule has 28 heavy (non-hydrogen) atoms. The van der Waals surface area contributed by atoms with Gasteiger partial charge in [-0.1, -0.05) is 36.4 Å². The van der Waals surface area contributed by atoms with E-state index in [0.717, 1.165) is 0 Å². The van der Waals surface area contributed by atoms with Gasteiger partial charge in [0.15, 0.2) is 6.61 Å². The summed E-state index contributed by atoms with van der Waals surface area (Å²) in [7, 11) is 0. The Bertz CT molecular complexity index is 909. The topological polar surface area (TPSA) is 79.6 Å². The van der Waals surface area contributed by atoms with Crippen molar-refractivity contribution in [3.63, 3.8) is 0 Å². The minimum Gasteiger partial charge on any atom is -0.452 e. The first kappa shape index (κ1) is 19.6. The molecule has 144 valence electrons. The zero-order valence-electron chi connectivity index (χ0n) is 15.9. The Morgan fingerprint density at radius 3 is 2.36 bits per heavy atom. The largest absolute Gasteiger partial charge is 0.452 e. The van der Waals surface area contributed by atoms with E-state index in [9.17, 15) is 14.9 Å². The number of carbonyl (C=O) groups is 2. The highest BCUT2D eigenvalue weighted by molar-refractivity contribution is 5.98. The fraction of sp³-hybridized carbons (Fsp3) is 0.318. The van der Waals surface area contributed by atoms with E-state index in [2.05, 4.69) is 6.07 Å². The average Bonchev–Trinajstić information content (AvgIpc) is 2.71. The Labute approximate surface area is 164 Å². The lowest BCUT2D eigenvalue weighted by molar-refractivity contribution is -0.146. The molecule has 0 spiro atoms. The molecule has 3 rings (SSSR count). The Morgan fingerprint density at radius 1 is 1.07 bits per heavy atom. The van der Waals surface area contributed by atoms with Crippen LogP contribution >= 0.6 is 0 Å². The predicted molar refractivity (Wildman–Crippen MR) is 103 cm³/mol. The normalized spacial score (nSPS) is 19.0. The van der Waals surface area contributed by atoms with Crippen LogP contribution in [0.2, 0.25) is 0 Å². The molecular formula is C22H22N2O4. The van der Waals surface area contributed by atoms with E-state index in [1.165, 1.54) is 0 Å². The third kappa shape index (κ3) is 4.38. The zero-order valence-corrected chi connectivity index (χ0v) is 15.9. The number of carbonyl (C=O) groups excluding carboxylic acids is 2. The summed E-state index contributed by atoms with van der Waals surface area (Å²) >= 11 is 0. The highest BCUT2D eigenvalue weighted by Crippen LogP contribution is 2.27. The van der Waals surface area contributed by atoms with Gasteiger partial charge in [-0.3, -0.25) is 4.79 Å². The number of ether oxygens (including phenoxy) is 2. The molecule has 2 aromatic rings. The second kappa shape index (κ2) is 8.68. The summed E-state index contributed by atoms with van der Waals surface area (Å²) in [5.41, 5.74) is 2.04. The third-order valence-corrected chi connectivity index (χ3v) is 4.58. The predicted octanol–water partition coefficient (Wildman–Crippen LogP) is 3.02. The molecule has 0 saturated carbocycles. The van der Waals surface area contributed by atoms with Crippen molar-refractivity contribution >= 4 is 11.9 Å². The van der Waals surface area contributed by atoms with Crippen LogP contribution in [0, 0.1) is 11.3 Å². The van der Waals surface area contributed by atoms with Gasteiger partial charge in [0.2, 0.25) is 0 Å². The molecule has 2 aromatic carbocycles. The third-order valence-electron chi connectivity index (χ3n) is 4.58. The molecule has 1 fully saturated rings. The van der Waals surface area contributed by atoms with Crippen molar-refractivity contribution in [2.45, 2.75) is 26.1 Å². The lowest BCUT2D eigenvalue weighted by Gasteiger charge is -2.35. The highest BCUT2D eigenvalue weighted by Gasteiger charge is 2.27. The minimum absolute atomic E-state index is 0.0494. The second-order valence-electron chi connectivity index (χ2n) is 6.84. The number of hydrogen-bond acceptors (Lipinski definition) is 5. The summed E-state index contributed by atoms with van der Waals surface area (Å²) in [6.07, 6.45) is -0.0989. The molecule has 1 saturated heterocycles. The Kier molecular flexibility index (Phi) is 6.07. The lowest BCUT2D eigenvalue weighted by Crippen LogP contribution is -2.49. The van der Waals surface area contributed by atoms with Crippen molar-refractivity contribution in [3.8, 4) is 17.2 Å². The molecule has 0 unspecified atom stereocenters. The standard InChI is InChI=1S/C22H22N2O4/c1-15-12-24(13-16(2)28-15)21(25)14-27-22(26)20-10-6-5-9-19(20)18-8-4-3-7-17(18)11-23/h3-10,15-16H,12-14H2,1-2H3/t15-,16-/m1/s1. The van der Waals surface area contributed by atoms with Crippen LogP contribution in [0.4, 0.5) is 0 Å². The van der Waals surface area contributed by atoms with E-state index in [1.807, 2.05) is 19.9 Å². The van der Waals surface area contributed by atoms with Crippen LogP contribution in [0.15, 0.2) is 48.5 Å². The zero-order chi connectivity index (χ0) is 20.1. The maximum Gasteiger partial charge on any atom is 0.339 e. The molecule has 0 radical (unpaired) electrons. The second-order valence-corrected chi connectivity index (χ2v) is 6.84. The lowest BCUT2D eigenvalue weighted by atomic mass is 9.96. The van der Waals surface area contributed by atoms with Crippen LogP contribution in [0.3, 0.4) is 0 Å². The van der Waals surface area contributed by atoms with Crippen molar-refractivity contribution in [2.24, 2.45) is 0 Å². The fourth-order valence-corrected chi connectivity index (χ4v) is 3.39. The average molecular weight is 378 g/mol. The van der Waals surface area contributed by atoms with E-state index in [0.29, 0.717) is 35.3 Å². The number of hydrogen-bond donors (Lipinski definition) is 0. The first-order valence-electron chi connectivity index (χ1n) is 9.18. The van der Waals surface area contributed by atoms with Gasteiger partial charge in [-0.05, 0) is 31.5 Å². The number of rotatable bonds is 4. The number of nitrogens with zero attached hydrogens (tertiary/aromatic N) is 2. The van der Waals surface area contributed by atoms with Crippen molar-refractivity contribution < 1.29 is 19.1 Å². The minimum atomic E-state index is -0.592. The van der Waals surface area contributed by atoms with Gasteiger partial charge in [0, 0.05) is 18.7 Å². The van der Waals surface area contributed by atoms with E-state index < -0.39 is 5.97 Å². The van der Waals surface area contributed by atoms with Crippen LogP contribution < -0.4 is 0 Å². The van der Waals surface area contributed by atoms with Gasteiger partial charge >= 0.3 is 5.97 Å². The van der Waals surface area contributed by atoms with Gasteiger partial charge in [-0.15, -0.1) is 0 Å². The van der Waals surface area contributed by atoms with Crippen LogP contribution in [0.5, 0.6) is 0 Å². The summed E-state index contributed by atoms with van der Waals surface area (Å²) < 4.78 is 10.9. The Hall–Kier alpha value is -3.17. The van der Waals surface area contributed by atoms with Crippen LogP contribution in [-0.2, 0) is 14.3 Å². The van der Waals surface area contributed by atoms with E-state index >= 15 is 0 Å². The molecule has 1 heterocycles. The van der Waals surface area contributed by atoms with Crippen molar-refractivity contribution in [3.05, 3.63) is 59.7 Å². The number of nitriles is 1. The number of morpholine rings is 1. The SMILES string of the molecule is C[C@@H]1CN(C(=O)COC(=O)c2ccccc2-c2ccccc2C#N)C[C@@H](C)O1. The van der Waals surface area contributed by atoms with Crippen LogP contribution in [0.1, 0.15) is 29.8 Å². The summed E-state index contributed by atoms with van der Waals surface area (Å²) in [5.74, 6) is -0.837. The van der Waals surface area contributed by atoms with E-state index in [4.69, 9.17) is 9.47 Å². The van der Waals surface area contributed by atoms with Gasteiger partial charge in [-0.2, -0.15) is 5.26 Å². The van der Waals surface area contributed by atoms with Crippen LogP contribution in [-0.4, -0.2) is 48.7 Å². The van der Waals surface area contributed by atoms with Gasteiger partial charge in [0.1, 0.15) is 0 Å².